The van der Waals surface area contributed by atoms with Crippen molar-refractivity contribution in [3.63, 3.8) is 0 Å². The van der Waals surface area contributed by atoms with Crippen molar-refractivity contribution in [2.45, 2.75) is 56.1 Å². The largest absolute Gasteiger partial charge is 0.463 e. The minimum Gasteiger partial charge on any atom is -0.463 e. The molecule has 0 amide bonds. The molecule has 11 heteroatoms. The zero-order valence-corrected chi connectivity index (χ0v) is 16.3. The van der Waals surface area contributed by atoms with Gasteiger partial charge in [0.25, 0.3) is 0 Å². The average Bonchev–Trinajstić information content (AvgIpc) is 2.42. The third-order valence-corrected chi connectivity index (χ3v) is 3.92. The number of hydrogen-bond acceptors (Lipinski definition) is 9. The molecule has 0 saturated carbocycles. The molecule has 1 aliphatic heterocycles. The summed E-state index contributed by atoms with van der Waals surface area (Å²) in [5, 5.41) is 0. The predicted octanol–water partition coefficient (Wildman–Crippen LogP) is 1.03. The van der Waals surface area contributed by atoms with E-state index in [1.807, 2.05) is 0 Å². The summed E-state index contributed by atoms with van der Waals surface area (Å²) in [5.41, 5.74) is 0. The summed E-state index contributed by atoms with van der Waals surface area (Å²) in [4.78, 5) is 45.4. The summed E-state index contributed by atoms with van der Waals surface area (Å²) in [6.07, 6.45) is -4.94. The second-order valence-corrected chi connectivity index (χ2v) is 7.39. The Morgan fingerprint density at radius 3 is 1.84 bits per heavy atom. The van der Waals surface area contributed by atoms with Crippen LogP contribution in [0.25, 0.3) is 0 Å². The normalized spacial score (nSPS) is 31.6. The highest BCUT2D eigenvalue weighted by Gasteiger charge is 2.58. The molecule has 0 radical (unpaired) electrons. The van der Waals surface area contributed by atoms with Crippen LogP contribution in [0.2, 0.25) is 0 Å². The van der Waals surface area contributed by atoms with E-state index in [-0.39, 0.29) is 6.61 Å². The van der Waals surface area contributed by atoms with E-state index in [2.05, 4.69) is 15.9 Å². The van der Waals surface area contributed by atoms with Gasteiger partial charge < -0.3 is 23.7 Å². The van der Waals surface area contributed by atoms with Gasteiger partial charge in [0.1, 0.15) is 12.7 Å². The first-order valence-corrected chi connectivity index (χ1v) is 8.31. The van der Waals surface area contributed by atoms with Crippen molar-refractivity contribution in [3.8, 4) is 0 Å². The lowest BCUT2D eigenvalue weighted by atomic mass is 9.99. The smallest absolute Gasteiger partial charge is 0.303 e. The topological polar surface area (TPSA) is 114 Å². The molecule has 0 spiro atoms. The van der Waals surface area contributed by atoms with Gasteiger partial charge in [0, 0.05) is 27.7 Å². The average molecular weight is 446 g/mol. The fourth-order valence-corrected chi connectivity index (χ4v) is 3.09. The molecule has 0 bridgehead atoms. The minimum atomic E-state index is -1.81. The number of carbonyl (C=O) groups excluding carboxylic acids is 4. The maximum atomic E-state index is 11.5. The van der Waals surface area contributed by atoms with E-state index >= 15 is 0 Å². The minimum absolute atomic E-state index is 0.335. The van der Waals surface area contributed by atoms with Crippen molar-refractivity contribution in [1.82, 2.24) is 0 Å². The Balaban J connectivity index is 3.24. The zero-order chi connectivity index (χ0) is 19.4. The molecule has 1 heterocycles. The van der Waals surface area contributed by atoms with E-state index in [0.717, 1.165) is 20.8 Å². The fraction of sp³-hybridized carbons (Fsp3) is 0.714. The summed E-state index contributed by atoms with van der Waals surface area (Å²) in [7, 11) is 0. The van der Waals surface area contributed by atoms with Gasteiger partial charge in [-0.3, -0.25) is 19.2 Å². The van der Waals surface area contributed by atoms with Crippen LogP contribution in [0.15, 0.2) is 0 Å². The zero-order valence-electron chi connectivity index (χ0n) is 13.9. The lowest BCUT2D eigenvalue weighted by Crippen LogP contribution is -2.64. The standard InChI is InChI=1S/C14H18BrClO9/c1-6(17)21-5-10-11(22-7(2)18)12(23-8(3)19)13(24-9(4)20)14(15,16)25-10/h10-13H,5H2,1-4H3/t10-,11-,12+,13+,14+/m1/s1. The quantitative estimate of drug-likeness (QED) is 0.347. The Morgan fingerprint density at radius 1 is 0.920 bits per heavy atom. The van der Waals surface area contributed by atoms with E-state index in [1.165, 1.54) is 6.92 Å². The first kappa shape index (κ1) is 21.7. The van der Waals surface area contributed by atoms with Gasteiger partial charge in [-0.15, -0.1) is 0 Å². The molecule has 1 rings (SSSR count). The Morgan fingerprint density at radius 2 is 1.40 bits per heavy atom. The van der Waals surface area contributed by atoms with Gasteiger partial charge in [-0.2, -0.15) is 0 Å². The van der Waals surface area contributed by atoms with E-state index in [4.69, 9.17) is 35.3 Å². The highest BCUT2D eigenvalue weighted by molar-refractivity contribution is 9.10. The monoisotopic (exact) mass is 444 g/mol. The molecule has 9 nitrogen and oxygen atoms in total. The highest BCUT2D eigenvalue weighted by Crippen LogP contribution is 2.42. The van der Waals surface area contributed by atoms with Gasteiger partial charge >= 0.3 is 23.9 Å². The molecular formula is C14H18BrClO9. The van der Waals surface area contributed by atoms with Crippen molar-refractivity contribution in [2.24, 2.45) is 0 Å². The summed E-state index contributed by atoms with van der Waals surface area (Å²) in [6, 6.07) is 0. The van der Waals surface area contributed by atoms with Gasteiger partial charge in [-0.1, -0.05) is 11.6 Å². The molecule has 5 atom stereocenters. The molecule has 0 aliphatic carbocycles. The SMILES string of the molecule is CC(=O)OC[C@H]1O[C@](Cl)(Br)[C@@H](OC(C)=O)[C@@H](OC(C)=O)[C@@H]1OC(C)=O. The van der Waals surface area contributed by atoms with Gasteiger partial charge in [-0.05, 0) is 15.9 Å². The molecule has 0 aromatic rings. The van der Waals surface area contributed by atoms with Crippen LogP contribution in [0.5, 0.6) is 0 Å². The van der Waals surface area contributed by atoms with Crippen molar-refractivity contribution in [1.29, 1.82) is 0 Å². The van der Waals surface area contributed by atoms with Crippen LogP contribution in [0.4, 0.5) is 0 Å². The van der Waals surface area contributed by atoms with Crippen LogP contribution >= 0.6 is 27.5 Å². The molecule has 0 N–H and O–H groups in total. The first-order chi connectivity index (χ1) is 11.4. The fourth-order valence-electron chi connectivity index (χ4n) is 2.21. The summed E-state index contributed by atoms with van der Waals surface area (Å²) in [6.45, 7) is 4.22. The van der Waals surface area contributed by atoms with Gasteiger partial charge in [0.2, 0.25) is 3.97 Å². The molecule has 1 aliphatic rings. The van der Waals surface area contributed by atoms with Crippen LogP contribution in [-0.4, -0.2) is 58.9 Å². The second kappa shape index (κ2) is 8.81. The van der Waals surface area contributed by atoms with Crippen LogP contribution in [-0.2, 0) is 42.9 Å². The molecular weight excluding hydrogens is 428 g/mol. The molecule has 142 valence electrons. The second-order valence-electron chi connectivity index (χ2n) is 5.20. The van der Waals surface area contributed by atoms with Crippen molar-refractivity contribution < 1.29 is 42.9 Å². The van der Waals surface area contributed by atoms with E-state index in [1.54, 1.807) is 0 Å². The maximum Gasteiger partial charge on any atom is 0.303 e. The maximum absolute atomic E-state index is 11.5. The third kappa shape index (κ3) is 6.44. The van der Waals surface area contributed by atoms with E-state index in [0.29, 0.717) is 0 Å². The number of halogens is 2. The number of rotatable bonds is 5. The van der Waals surface area contributed by atoms with Gasteiger partial charge in [0.05, 0.1) is 0 Å². The third-order valence-electron chi connectivity index (χ3n) is 2.98. The van der Waals surface area contributed by atoms with Crippen LogP contribution < -0.4 is 0 Å². The van der Waals surface area contributed by atoms with Crippen LogP contribution in [0.3, 0.4) is 0 Å². The molecule has 0 aromatic heterocycles. The Labute approximate surface area is 157 Å². The molecule has 0 unspecified atom stereocenters. The Hall–Kier alpha value is -1.39. The first-order valence-electron chi connectivity index (χ1n) is 7.14. The summed E-state index contributed by atoms with van der Waals surface area (Å²) in [5.74, 6) is -2.77. The molecule has 1 saturated heterocycles. The summed E-state index contributed by atoms with van der Waals surface area (Å²) < 4.78 is 24.0. The number of alkyl halides is 2. The van der Waals surface area contributed by atoms with Crippen molar-refractivity contribution in [3.05, 3.63) is 0 Å². The van der Waals surface area contributed by atoms with Crippen LogP contribution in [0.1, 0.15) is 27.7 Å². The number of hydrogen-bond donors (Lipinski definition) is 0. The van der Waals surface area contributed by atoms with Gasteiger partial charge in [0.15, 0.2) is 18.3 Å². The lowest BCUT2D eigenvalue weighted by Gasteiger charge is -2.46. The highest BCUT2D eigenvalue weighted by atomic mass is 79.9. The number of ether oxygens (including phenoxy) is 5. The molecule has 0 aromatic carbocycles. The molecule has 1 fully saturated rings. The van der Waals surface area contributed by atoms with E-state index < -0.39 is 52.3 Å². The lowest BCUT2D eigenvalue weighted by molar-refractivity contribution is -0.244. The van der Waals surface area contributed by atoms with Crippen molar-refractivity contribution in [2.75, 3.05) is 6.61 Å². The summed E-state index contributed by atoms with van der Waals surface area (Å²) >= 11 is 9.27. The van der Waals surface area contributed by atoms with Gasteiger partial charge in [-0.25, -0.2) is 0 Å². The number of esters is 4. The predicted molar refractivity (Wildman–Crippen MR) is 85.7 cm³/mol. The molecule has 25 heavy (non-hydrogen) atoms. The number of carbonyl (C=O) groups is 4. The Kier molecular flexibility index (Phi) is 7.63. The van der Waals surface area contributed by atoms with Crippen molar-refractivity contribution >= 4 is 51.4 Å². The van der Waals surface area contributed by atoms with E-state index in [9.17, 15) is 19.2 Å². The Bertz CT molecular complexity index is 550. The van der Waals surface area contributed by atoms with Crippen LogP contribution in [0, 0.1) is 0 Å².